The molecule has 0 aliphatic heterocycles. The molecule has 1 heteroatoms. The molecular weight excluding hydrogens is 122 g/mol. The van der Waals surface area contributed by atoms with Crippen molar-refractivity contribution in [2.24, 2.45) is 11.8 Å². The molecular formula is C9H17N. The third kappa shape index (κ3) is 4.40. The lowest BCUT2D eigenvalue weighted by atomic mass is 9.98. The number of nitrogens with one attached hydrogen (secondary N) is 1. The highest BCUT2D eigenvalue weighted by molar-refractivity contribution is 4.86. The van der Waals surface area contributed by atoms with Crippen molar-refractivity contribution in [2.75, 3.05) is 13.1 Å². The van der Waals surface area contributed by atoms with Crippen molar-refractivity contribution in [1.82, 2.24) is 5.32 Å². The van der Waals surface area contributed by atoms with Crippen molar-refractivity contribution in [1.29, 1.82) is 0 Å². The van der Waals surface area contributed by atoms with Gasteiger partial charge in [-0.3, -0.25) is 0 Å². The first-order valence-electron chi connectivity index (χ1n) is 3.82. The molecule has 0 spiro atoms. The van der Waals surface area contributed by atoms with Gasteiger partial charge in [0.15, 0.2) is 0 Å². The zero-order valence-corrected chi connectivity index (χ0v) is 7.15. The lowest BCUT2D eigenvalue weighted by molar-refractivity contribution is 0.401. The fourth-order valence-electron chi connectivity index (χ4n) is 0.608. The summed E-state index contributed by atoms with van der Waals surface area (Å²) in [6, 6.07) is 0. The molecule has 0 aliphatic rings. The molecule has 1 N–H and O–H groups in total. The second-order valence-corrected chi connectivity index (χ2v) is 3.06. The van der Waals surface area contributed by atoms with E-state index in [1.54, 1.807) is 0 Å². The molecule has 0 rings (SSSR count). The van der Waals surface area contributed by atoms with Gasteiger partial charge in [0, 0.05) is 0 Å². The Morgan fingerprint density at radius 1 is 1.40 bits per heavy atom. The van der Waals surface area contributed by atoms with Gasteiger partial charge in [-0.15, -0.1) is 6.42 Å². The van der Waals surface area contributed by atoms with E-state index in [2.05, 4.69) is 32.0 Å². The maximum absolute atomic E-state index is 5.08. The Morgan fingerprint density at radius 3 is 2.40 bits per heavy atom. The van der Waals surface area contributed by atoms with Crippen LogP contribution in [0.15, 0.2) is 0 Å². The van der Waals surface area contributed by atoms with Crippen LogP contribution in [0.3, 0.4) is 0 Å². The normalized spacial score (nSPS) is 13.1. The van der Waals surface area contributed by atoms with Gasteiger partial charge in [0.1, 0.15) is 0 Å². The number of hydrogen-bond acceptors (Lipinski definition) is 1. The van der Waals surface area contributed by atoms with E-state index >= 15 is 0 Å². The topological polar surface area (TPSA) is 12.0 Å². The first-order chi connectivity index (χ1) is 4.68. The highest BCUT2D eigenvalue weighted by Crippen LogP contribution is 2.06. The maximum atomic E-state index is 5.08. The van der Waals surface area contributed by atoms with Gasteiger partial charge < -0.3 is 5.32 Å². The van der Waals surface area contributed by atoms with E-state index < -0.39 is 0 Å². The zero-order valence-electron chi connectivity index (χ0n) is 7.15. The summed E-state index contributed by atoms with van der Waals surface area (Å²) in [5.74, 6) is 4.01. The number of terminal acetylenes is 1. The quantitative estimate of drug-likeness (QED) is 0.460. The molecule has 0 aromatic carbocycles. The van der Waals surface area contributed by atoms with Crippen molar-refractivity contribution in [3.8, 4) is 12.3 Å². The van der Waals surface area contributed by atoms with Gasteiger partial charge in [-0.1, -0.05) is 26.7 Å². The predicted octanol–water partition coefficient (Wildman–Crippen LogP) is 1.50. The van der Waals surface area contributed by atoms with Gasteiger partial charge in [-0.2, -0.15) is 0 Å². The molecule has 1 nitrogen and oxygen atoms in total. The zero-order chi connectivity index (χ0) is 7.98. The summed E-state index contributed by atoms with van der Waals surface area (Å²) in [7, 11) is 0. The third-order valence-electron chi connectivity index (χ3n) is 1.83. The van der Waals surface area contributed by atoms with Crippen LogP contribution >= 0.6 is 0 Å². The first kappa shape index (κ1) is 9.52. The Kier molecular flexibility index (Phi) is 5.06. The summed E-state index contributed by atoms with van der Waals surface area (Å²) >= 11 is 0. The third-order valence-corrected chi connectivity index (χ3v) is 1.83. The van der Waals surface area contributed by atoms with Crippen LogP contribution in [0.2, 0.25) is 0 Å². The molecule has 0 radical (unpaired) electrons. The van der Waals surface area contributed by atoms with Gasteiger partial charge in [0.05, 0.1) is 6.54 Å². The minimum atomic E-state index is 0.692. The fourth-order valence-corrected chi connectivity index (χ4v) is 0.608. The van der Waals surface area contributed by atoms with Crippen LogP contribution in [0.5, 0.6) is 0 Å². The summed E-state index contributed by atoms with van der Waals surface area (Å²) in [5, 5.41) is 3.18. The van der Waals surface area contributed by atoms with Gasteiger partial charge in [0.2, 0.25) is 0 Å². The molecule has 0 amide bonds. The monoisotopic (exact) mass is 139 g/mol. The Labute approximate surface area is 64.2 Å². The van der Waals surface area contributed by atoms with Crippen molar-refractivity contribution < 1.29 is 0 Å². The van der Waals surface area contributed by atoms with Gasteiger partial charge in [0.25, 0.3) is 0 Å². The SMILES string of the molecule is C#CCNCC(C)C(C)C. The van der Waals surface area contributed by atoms with Crippen LogP contribution in [0.4, 0.5) is 0 Å². The summed E-state index contributed by atoms with van der Waals surface area (Å²) in [6.07, 6.45) is 5.08. The Bertz CT molecular complexity index is 110. The van der Waals surface area contributed by atoms with Crippen LogP contribution in [0.1, 0.15) is 20.8 Å². The van der Waals surface area contributed by atoms with Gasteiger partial charge in [-0.05, 0) is 18.4 Å². The maximum Gasteiger partial charge on any atom is 0.0573 e. The van der Waals surface area contributed by atoms with Gasteiger partial charge >= 0.3 is 0 Å². The number of hydrogen-bond donors (Lipinski definition) is 1. The fraction of sp³-hybridized carbons (Fsp3) is 0.778. The largest absolute Gasteiger partial charge is 0.306 e. The van der Waals surface area contributed by atoms with Crippen LogP contribution in [-0.2, 0) is 0 Å². The Balaban J connectivity index is 3.23. The van der Waals surface area contributed by atoms with E-state index in [1.807, 2.05) is 0 Å². The summed E-state index contributed by atoms with van der Waals surface area (Å²) in [4.78, 5) is 0. The smallest absolute Gasteiger partial charge is 0.0573 e. The van der Waals surface area contributed by atoms with Crippen molar-refractivity contribution >= 4 is 0 Å². The molecule has 0 aromatic heterocycles. The predicted molar refractivity (Wildman–Crippen MR) is 45.7 cm³/mol. The summed E-state index contributed by atoms with van der Waals surface area (Å²) in [5.41, 5.74) is 0. The first-order valence-corrected chi connectivity index (χ1v) is 3.82. The molecule has 0 fully saturated rings. The van der Waals surface area contributed by atoms with Crippen molar-refractivity contribution in [2.45, 2.75) is 20.8 Å². The molecule has 10 heavy (non-hydrogen) atoms. The van der Waals surface area contributed by atoms with E-state index in [-0.39, 0.29) is 0 Å². The van der Waals surface area contributed by atoms with E-state index in [0.29, 0.717) is 12.5 Å². The average Bonchev–Trinajstić information content (AvgIpc) is 1.88. The molecule has 0 bridgehead atoms. The minimum absolute atomic E-state index is 0.692. The Morgan fingerprint density at radius 2 is 2.00 bits per heavy atom. The number of rotatable bonds is 4. The van der Waals surface area contributed by atoms with Crippen LogP contribution in [0.25, 0.3) is 0 Å². The Hall–Kier alpha value is -0.480. The minimum Gasteiger partial charge on any atom is -0.306 e. The highest BCUT2D eigenvalue weighted by atomic mass is 14.8. The highest BCUT2D eigenvalue weighted by Gasteiger charge is 2.04. The second kappa shape index (κ2) is 5.32. The summed E-state index contributed by atoms with van der Waals surface area (Å²) < 4.78 is 0. The standard InChI is InChI=1S/C9H17N/c1-5-6-10-7-9(4)8(2)3/h1,8-10H,6-7H2,2-4H3. The molecule has 1 unspecified atom stereocenters. The molecule has 0 aliphatic carbocycles. The van der Waals surface area contributed by atoms with Gasteiger partial charge in [-0.25, -0.2) is 0 Å². The molecule has 0 saturated heterocycles. The van der Waals surface area contributed by atoms with E-state index in [9.17, 15) is 0 Å². The second-order valence-electron chi connectivity index (χ2n) is 3.06. The van der Waals surface area contributed by atoms with E-state index in [4.69, 9.17) is 6.42 Å². The van der Waals surface area contributed by atoms with E-state index in [1.165, 1.54) is 0 Å². The summed E-state index contributed by atoms with van der Waals surface area (Å²) in [6.45, 7) is 8.40. The van der Waals surface area contributed by atoms with Crippen LogP contribution < -0.4 is 5.32 Å². The van der Waals surface area contributed by atoms with Crippen LogP contribution in [-0.4, -0.2) is 13.1 Å². The van der Waals surface area contributed by atoms with Crippen molar-refractivity contribution in [3.63, 3.8) is 0 Å². The van der Waals surface area contributed by atoms with Crippen LogP contribution in [0, 0.1) is 24.2 Å². The van der Waals surface area contributed by atoms with Crippen molar-refractivity contribution in [3.05, 3.63) is 0 Å². The molecule has 0 aromatic rings. The molecule has 1 atom stereocenters. The average molecular weight is 139 g/mol. The lowest BCUT2D eigenvalue weighted by Gasteiger charge is -2.14. The molecule has 0 saturated carbocycles. The lowest BCUT2D eigenvalue weighted by Crippen LogP contribution is -2.24. The molecule has 58 valence electrons. The van der Waals surface area contributed by atoms with E-state index in [0.717, 1.165) is 12.5 Å². The molecule has 0 heterocycles.